The highest BCUT2D eigenvalue weighted by molar-refractivity contribution is 7.71. The van der Waals surface area contributed by atoms with Crippen LogP contribution < -0.4 is 15.0 Å². The molecule has 2 aromatic rings. The quantitative estimate of drug-likeness (QED) is 0.641. The van der Waals surface area contributed by atoms with Gasteiger partial charge in [-0.2, -0.15) is 14.9 Å². The maximum absolute atomic E-state index is 12.0. The lowest BCUT2D eigenvalue weighted by atomic mass is 10.2. The van der Waals surface area contributed by atoms with Gasteiger partial charge in [0, 0.05) is 0 Å². The van der Waals surface area contributed by atoms with Crippen LogP contribution in [0.25, 0.3) is 0 Å². The molecule has 0 spiro atoms. The molecule has 2 rings (SSSR count). The lowest BCUT2D eigenvalue weighted by molar-refractivity contribution is 0.224. The van der Waals surface area contributed by atoms with Gasteiger partial charge in [0.25, 0.3) is 5.56 Å². The van der Waals surface area contributed by atoms with Gasteiger partial charge in [0.15, 0.2) is 11.5 Å². The summed E-state index contributed by atoms with van der Waals surface area (Å²) in [5, 5.41) is 10.5. The standard InChI is InChI=1S/C16H20N4O3S/c1-5-22-14-8-12(6-7-13(14)23-10(2)3)9-17-20-15(21)11(4)18-19-16(20)24/h6-10H,5H2,1-4H3,(H,19,24)/b17-9+. The first kappa shape index (κ1) is 17.9. The summed E-state index contributed by atoms with van der Waals surface area (Å²) >= 11 is 5.04. The molecule has 0 saturated heterocycles. The fourth-order valence-corrected chi connectivity index (χ4v) is 2.10. The Hall–Kier alpha value is -2.48. The molecule has 1 aromatic heterocycles. The number of hydrogen-bond acceptors (Lipinski definition) is 6. The van der Waals surface area contributed by atoms with Gasteiger partial charge >= 0.3 is 0 Å². The van der Waals surface area contributed by atoms with E-state index in [1.54, 1.807) is 13.0 Å². The molecular formula is C16H20N4O3S. The summed E-state index contributed by atoms with van der Waals surface area (Å²) in [5.74, 6) is 1.29. The smallest absolute Gasteiger partial charge is 0.296 e. The zero-order chi connectivity index (χ0) is 17.7. The molecule has 0 saturated carbocycles. The van der Waals surface area contributed by atoms with Crippen molar-refractivity contribution < 1.29 is 9.47 Å². The Labute approximate surface area is 144 Å². The van der Waals surface area contributed by atoms with Crippen molar-refractivity contribution in [1.82, 2.24) is 14.9 Å². The van der Waals surface area contributed by atoms with E-state index in [1.807, 2.05) is 32.9 Å². The van der Waals surface area contributed by atoms with Crippen LogP contribution in [0.1, 0.15) is 32.0 Å². The predicted molar refractivity (Wildman–Crippen MR) is 94.8 cm³/mol. The van der Waals surface area contributed by atoms with Gasteiger partial charge in [-0.15, -0.1) is 0 Å². The minimum atomic E-state index is -0.361. The third kappa shape index (κ3) is 4.29. The van der Waals surface area contributed by atoms with E-state index >= 15 is 0 Å². The number of rotatable bonds is 6. The molecule has 0 unspecified atom stereocenters. The summed E-state index contributed by atoms with van der Waals surface area (Å²) in [6.07, 6.45) is 1.58. The van der Waals surface area contributed by atoms with E-state index in [2.05, 4.69) is 15.3 Å². The Morgan fingerprint density at radius 1 is 1.42 bits per heavy atom. The molecule has 0 aliphatic heterocycles. The molecule has 0 aliphatic carbocycles. The first-order valence-corrected chi connectivity index (χ1v) is 7.99. The number of H-pyrrole nitrogens is 1. The summed E-state index contributed by atoms with van der Waals surface area (Å²) in [5.41, 5.74) is 0.682. The van der Waals surface area contributed by atoms with Crippen LogP contribution in [0.2, 0.25) is 0 Å². The van der Waals surface area contributed by atoms with Gasteiger partial charge in [-0.1, -0.05) is 0 Å². The molecular weight excluding hydrogens is 328 g/mol. The van der Waals surface area contributed by atoms with Crippen molar-refractivity contribution >= 4 is 18.4 Å². The van der Waals surface area contributed by atoms with Crippen LogP contribution in [0.5, 0.6) is 11.5 Å². The maximum Gasteiger partial charge on any atom is 0.296 e. The first-order chi connectivity index (χ1) is 11.4. The van der Waals surface area contributed by atoms with Gasteiger partial charge in [0.2, 0.25) is 4.77 Å². The topological polar surface area (TPSA) is 81.5 Å². The van der Waals surface area contributed by atoms with Gasteiger partial charge in [-0.25, -0.2) is 0 Å². The molecule has 7 nitrogen and oxygen atoms in total. The number of nitrogens with one attached hydrogen (secondary N) is 1. The fourth-order valence-electron chi connectivity index (χ4n) is 1.93. The van der Waals surface area contributed by atoms with Crippen LogP contribution in [-0.4, -0.2) is 33.8 Å². The van der Waals surface area contributed by atoms with Crippen LogP contribution >= 0.6 is 12.2 Å². The zero-order valence-corrected chi connectivity index (χ0v) is 14.9. The number of ether oxygens (including phenoxy) is 2. The molecule has 0 radical (unpaired) electrons. The highest BCUT2D eigenvalue weighted by atomic mass is 32.1. The minimum absolute atomic E-state index is 0.0420. The third-order valence-electron chi connectivity index (χ3n) is 2.97. The van der Waals surface area contributed by atoms with Crippen LogP contribution in [0.3, 0.4) is 0 Å². The first-order valence-electron chi connectivity index (χ1n) is 7.58. The van der Waals surface area contributed by atoms with Gasteiger partial charge in [0.1, 0.15) is 5.69 Å². The highest BCUT2D eigenvalue weighted by Gasteiger charge is 2.08. The molecule has 1 heterocycles. The molecule has 1 N–H and O–H groups in total. The van der Waals surface area contributed by atoms with E-state index in [0.717, 1.165) is 10.2 Å². The van der Waals surface area contributed by atoms with Crippen LogP contribution in [0.15, 0.2) is 28.1 Å². The largest absolute Gasteiger partial charge is 0.490 e. The maximum atomic E-state index is 12.0. The van der Waals surface area contributed by atoms with Crippen molar-refractivity contribution in [1.29, 1.82) is 0 Å². The minimum Gasteiger partial charge on any atom is -0.490 e. The summed E-state index contributed by atoms with van der Waals surface area (Å²) in [4.78, 5) is 12.0. The SMILES string of the molecule is CCOc1cc(/C=N/n2c(=S)[nH]nc(C)c2=O)ccc1OC(C)C. The summed E-state index contributed by atoms with van der Waals surface area (Å²) < 4.78 is 12.5. The number of hydrogen-bond donors (Lipinski definition) is 1. The molecule has 128 valence electrons. The summed E-state index contributed by atoms with van der Waals surface area (Å²) in [6.45, 7) is 7.91. The second-order valence-electron chi connectivity index (χ2n) is 5.28. The highest BCUT2D eigenvalue weighted by Crippen LogP contribution is 2.28. The number of nitrogens with zero attached hydrogens (tertiary/aromatic N) is 3. The van der Waals surface area contributed by atoms with Crippen molar-refractivity contribution in [3.05, 3.63) is 44.6 Å². The van der Waals surface area contributed by atoms with E-state index in [9.17, 15) is 4.79 Å². The van der Waals surface area contributed by atoms with Gasteiger partial charge in [0.05, 0.1) is 18.9 Å². The fraction of sp³-hybridized carbons (Fsp3) is 0.375. The number of aromatic nitrogens is 3. The van der Waals surface area contributed by atoms with Crippen LogP contribution in [0.4, 0.5) is 0 Å². The van der Waals surface area contributed by atoms with E-state index in [0.29, 0.717) is 18.1 Å². The van der Waals surface area contributed by atoms with E-state index < -0.39 is 0 Å². The summed E-state index contributed by atoms with van der Waals surface area (Å²) in [7, 11) is 0. The Morgan fingerprint density at radius 3 is 2.83 bits per heavy atom. The van der Waals surface area contributed by atoms with E-state index in [1.165, 1.54) is 6.21 Å². The van der Waals surface area contributed by atoms with Crippen molar-refractivity contribution in [2.75, 3.05) is 6.61 Å². The normalized spacial score (nSPS) is 11.2. The molecule has 0 atom stereocenters. The summed E-state index contributed by atoms with van der Waals surface area (Å²) in [6, 6.07) is 5.44. The lowest BCUT2D eigenvalue weighted by Gasteiger charge is -2.14. The molecule has 0 bridgehead atoms. The molecule has 0 fully saturated rings. The van der Waals surface area contributed by atoms with E-state index in [4.69, 9.17) is 21.7 Å². The van der Waals surface area contributed by atoms with Crippen molar-refractivity contribution in [3.63, 3.8) is 0 Å². The van der Waals surface area contributed by atoms with Crippen LogP contribution in [-0.2, 0) is 0 Å². The molecule has 24 heavy (non-hydrogen) atoms. The Kier molecular flexibility index (Phi) is 5.86. The Bertz CT molecular complexity index is 855. The van der Waals surface area contributed by atoms with E-state index in [-0.39, 0.29) is 22.1 Å². The molecule has 0 aliphatic rings. The Morgan fingerprint density at radius 2 is 2.17 bits per heavy atom. The van der Waals surface area contributed by atoms with Crippen molar-refractivity contribution in [3.8, 4) is 11.5 Å². The van der Waals surface area contributed by atoms with Gasteiger partial charge in [-0.3, -0.25) is 9.89 Å². The molecule has 0 amide bonds. The second kappa shape index (κ2) is 7.87. The average Bonchev–Trinajstić information content (AvgIpc) is 2.53. The van der Waals surface area contributed by atoms with Crippen molar-refractivity contribution in [2.45, 2.75) is 33.8 Å². The predicted octanol–water partition coefficient (Wildman–Crippen LogP) is 2.68. The third-order valence-corrected chi connectivity index (χ3v) is 3.23. The molecule has 1 aromatic carbocycles. The van der Waals surface area contributed by atoms with Crippen LogP contribution in [0, 0.1) is 11.7 Å². The van der Waals surface area contributed by atoms with Crippen molar-refractivity contribution in [2.24, 2.45) is 5.10 Å². The Balaban J connectivity index is 2.37. The van der Waals surface area contributed by atoms with Gasteiger partial charge in [-0.05, 0) is 63.7 Å². The number of aryl methyl sites for hydroxylation is 1. The lowest BCUT2D eigenvalue weighted by Crippen LogP contribution is -2.22. The van der Waals surface area contributed by atoms with Gasteiger partial charge < -0.3 is 9.47 Å². The second-order valence-corrected chi connectivity index (χ2v) is 5.67. The average molecular weight is 348 g/mol. The molecule has 8 heteroatoms. The zero-order valence-electron chi connectivity index (χ0n) is 14.1. The number of benzene rings is 1. The monoisotopic (exact) mass is 348 g/mol. The number of aromatic amines is 1.